The van der Waals surface area contributed by atoms with Crippen molar-refractivity contribution >= 4 is 40.6 Å². The molecule has 202 valence electrons. The van der Waals surface area contributed by atoms with E-state index in [4.69, 9.17) is 20.3 Å². The Morgan fingerprint density at radius 1 is 1.31 bits per heavy atom. The zero-order valence-corrected chi connectivity index (χ0v) is 20.7. The number of imidazole rings is 1. The molecule has 0 amide bonds. The molecule has 6 atom stereocenters. The quantitative estimate of drug-likeness (QED) is 0.168. The highest BCUT2D eigenvalue weighted by Gasteiger charge is 2.63. The number of hydrogen-bond donors (Lipinski definition) is 6. The Morgan fingerprint density at radius 2 is 1.94 bits per heavy atom. The predicted octanol–water partition coefficient (Wildman–Crippen LogP) is 0.813. The number of anilines is 1. The number of nitrogens with one attached hydrogen (secondary N) is 1. The Hall–Kier alpha value is -1.88. The summed E-state index contributed by atoms with van der Waals surface area (Å²) < 4.78 is 82.9. The summed E-state index contributed by atoms with van der Waals surface area (Å²) >= 11 is 0. The zero-order chi connectivity index (χ0) is 27.3. The molecular weight excluding hydrogens is 561 g/mol. The van der Waals surface area contributed by atoms with Crippen LogP contribution in [0.25, 0.3) is 11.2 Å². The molecule has 3 heterocycles. The summed E-state index contributed by atoms with van der Waals surface area (Å²) in [6.07, 6.45) is 0.110. The van der Waals surface area contributed by atoms with E-state index >= 15 is 4.39 Å². The first-order chi connectivity index (χ1) is 16.4. The van der Waals surface area contributed by atoms with Gasteiger partial charge in [0.15, 0.2) is 23.1 Å². The molecule has 1 aliphatic heterocycles. The maximum Gasteiger partial charge on any atom is 0.490 e. The molecule has 1 saturated heterocycles. The van der Waals surface area contributed by atoms with Crippen molar-refractivity contribution in [3.05, 3.63) is 29.3 Å². The van der Waals surface area contributed by atoms with Gasteiger partial charge in [0, 0.05) is 5.92 Å². The van der Waals surface area contributed by atoms with E-state index in [0.29, 0.717) is 0 Å². The number of nitrogen functional groups attached to an aromatic ring is 1. The van der Waals surface area contributed by atoms with Gasteiger partial charge in [-0.15, -0.1) is 6.58 Å². The van der Waals surface area contributed by atoms with Crippen molar-refractivity contribution in [2.24, 2.45) is 5.92 Å². The fraction of sp³-hybridized carbons (Fsp3) is 0.500. The normalized spacial score (nSPS) is 30.2. The van der Waals surface area contributed by atoms with E-state index in [0.717, 1.165) is 23.9 Å². The fourth-order valence-electron chi connectivity index (χ4n) is 3.74. The minimum absolute atomic E-state index is 0.240. The van der Waals surface area contributed by atoms with Crippen molar-refractivity contribution < 1.29 is 59.9 Å². The van der Waals surface area contributed by atoms with Crippen LogP contribution in [-0.4, -0.2) is 63.6 Å². The molecule has 1 fully saturated rings. The van der Waals surface area contributed by atoms with Crippen LogP contribution in [-0.2, 0) is 31.6 Å². The molecule has 2 aromatic rings. The van der Waals surface area contributed by atoms with E-state index in [-0.39, 0.29) is 17.1 Å². The number of H-pyrrole nitrogens is 1. The molecule has 0 aliphatic carbocycles. The van der Waals surface area contributed by atoms with Gasteiger partial charge in [0.05, 0.1) is 12.9 Å². The van der Waals surface area contributed by atoms with Crippen LogP contribution in [0, 0.1) is 5.92 Å². The Kier molecular flexibility index (Phi) is 7.53. The van der Waals surface area contributed by atoms with Crippen molar-refractivity contribution in [1.82, 2.24) is 19.5 Å². The monoisotopic (exact) mass is 581 g/mol. The summed E-state index contributed by atoms with van der Waals surface area (Å²) in [5.41, 5.74) is -0.709. The van der Waals surface area contributed by atoms with Gasteiger partial charge in [-0.25, -0.2) is 27.5 Å². The van der Waals surface area contributed by atoms with Gasteiger partial charge in [-0.1, -0.05) is 6.08 Å². The number of fused-ring (bicyclic) bond motifs is 1. The first-order valence-corrected chi connectivity index (χ1v) is 13.9. The van der Waals surface area contributed by atoms with Crippen LogP contribution in [0.15, 0.2) is 23.8 Å². The lowest BCUT2D eigenvalue weighted by Gasteiger charge is -2.31. The SMILES string of the molecule is C=C[C@@H]1[C@@](CF)(COP(=O)(O)OP(=O)(O)OP(=O)(O)O)O[C@@H](n2cnc3c(=O)[nH]c(N)nc32)[C@]1(C)F. The van der Waals surface area contributed by atoms with Gasteiger partial charge in [0.1, 0.15) is 12.3 Å². The topological polar surface area (TPSA) is 259 Å². The Bertz CT molecular complexity index is 1380. The maximum absolute atomic E-state index is 16.0. The van der Waals surface area contributed by atoms with Crippen LogP contribution in [0.1, 0.15) is 13.2 Å². The first kappa shape index (κ1) is 28.7. The number of nitrogens with zero attached hydrogens (tertiary/aromatic N) is 3. The van der Waals surface area contributed by atoms with Crippen molar-refractivity contribution in [3.8, 4) is 0 Å². The second kappa shape index (κ2) is 9.45. The van der Waals surface area contributed by atoms with Crippen molar-refractivity contribution in [2.45, 2.75) is 24.4 Å². The lowest BCUT2D eigenvalue weighted by Crippen LogP contribution is -2.45. The zero-order valence-electron chi connectivity index (χ0n) is 18.0. The number of phosphoric acid groups is 3. The average Bonchev–Trinajstić information content (AvgIpc) is 3.19. The van der Waals surface area contributed by atoms with Gasteiger partial charge in [-0.05, 0) is 6.92 Å². The molecule has 17 nitrogen and oxygen atoms in total. The highest BCUT2D eigenvalue weighted by Crippen LogP contribution is 2.66. The highest BCUT2D eigenvalue weighted by atomic mass is 31.3. The molecule has 2 aromatic heterocycles. The highest BCUT2D eigenvalue weighted by molar-refractivity contribution is 7.66. The van der Waals surface area contributed by atoms with Crippen LogP contribution < -0.4 is 11.3 Å². The smallest absolute Gasteiger partial charge is 0.369 e. The molecule has 36 heavy (non-hydrogen) atoms. The van der Waals surface area contributed by atoms with E-state index in [1.165, 1.54) is 0 Å². The second-order valence-corrected chi connectivity index (χ2v) is 12.1. The van der Waals surface area contributed by atoms with Gasteiger partial charge in [0.2, 0.25) is 5.95 Å². The third-order valence-corrected chi connectivity index (χ3v) is 8.84. The fourth-order valence-corrected chi connectivity index (χ4v) is 6.81. The van der Waals surface area contributed by atoms with Crippen molar-refractivity contribution in [3.63, 3.8) is 0 Å². The maximum atomic E-state index is 16.0. The second-order valence-electron chi connectivity index (χ2n) is 7.67. The molecule has 2 unspecified atom stereocenters. The van der Waals surface area contributed by atoms with Gasteiger partial charge < -0.3 is 30.0 Å². The summed E-state index contributed by atoms with van der Waals surface area (Å²) in [6, 6.07) is 0. The summed E-state index contributed by atoms with van der Waals surface area (Å²) in [6.45, 7) is 1.51. The standard InChI is InChI=1S/C14H20F2N5O12P3/c1-3-7-13(2,16)11(21-6-18-8-9(21)19-12(17)20-10(8)22)31-14(7,4-15)5-30-35(26,27)33-36(28,29)32-34(23,24)25/h3,6-7,11H,1,4-5H2,2H3,(H,26,27)(H,28,29)(H2,23,24,25)(H3,17,19,20,22)/t7-,11+,13+,14+/m0/s1. The van der Waals surface area contributed by atoms with Crippen molar-refractivity contribution in [1.29, 1.82) is 0 Å². The molecule has 7 N–H and O–H groups in total. The molecule has 1 aliphatic rings. The number of aromatic amines is 1. The Morgan fingerprint density at radius 3 is 2.50 bits per heavy atom. The van der Waals surface area contributed by atoms with E-state index < -0.39 is 65.7 Å². The first-order valence-electron chi connectivity index (χ1n) is 9.42. The molecule has 3 rings (SSSR count). The number of rotatable bonds is 10. The summed E-state index contributed by atoms with van der Waals surface area (Å²) in [7, 11) is -17.2. The predicted molar refractivity (Wildman–Crippen MR) is 114 cm³/mol. The van der Waals surface area contributed by atoms with E-state index in [9.17, 15) is 32.7 Å². The van der Waals surface area contributed by atoms with E-state index in [1.807, 2.05) is 0 Å². The average molecular weight is 581 g/mol. The Labute approximate surface area is 199 Å². The number of nitrogens with two attached hydrogens (primary N) is 1. The third-order valence-electron chi connectivity index (χ3n) is 5.06. The third kappa shape index (κ3) is 5.66. The molecule has 0 aromatic carbocycles. The number of hydrogen-bond acceptors (Lipinski definition) is 11. The van der Waals surface area contributed by atoms with Gasteiger partial charge in [-0.2, -0.15) is 13.6 Å². The van der Waals surface area contributed by atoms with Crippen LogP contribution in [0.5, 0.6) is 0 Å². The van der Waals surface area contributed by atoms with Crippen molar-refractivity contribution in [2.75, 3.05) is 19.0 Å². The number of ether oxygens (including phenoxy) is 1. The molecule has 0 radical (unpaired) electrons. The van der Waals surface area contributed by atoms with Crippen LogP contribution >= 0.6 is 23.5 Å². The lowest BCUT2D eigenvalue weighted by molar-refractivity contribution is -0.121. The van der Waals surface area contributed by atoms with Crippen LogP contribution in [0.4, 0.5) is 14.7 Å². The Balaban J connectivity index is 1.94. The van der Waals surface area contributed by atoms with Gasteiger partial charge >= 0.3 is 23.5 Å². The minimum Gasteiger partial charge on any atom is -0.369 e. The number of phosphoric ester groups is 1. The molecule has 0 spiro atoms. The summed E-state index contributed by atoms with van der Waals surface area (Å²) in [5, 5.41) is 0. The van der Waals surface area contributed by atoms with Gasteiger partial charge in [-0.3, -0.25) is 18.9 Å². The number of aromatic nitrogens is 4. The summed E-state index contributed by atoms with van der Waals surface area (Å²) in [5.74, 6) is -1.97. The minimum atomic E-state index is -5.86. The van der Waals surface area contributed by atoms with E-state index in [1.54, 1.807) is 0 Å². The molecule has 0 saturated carbocycles. The summed E-state index contributed by atoms with van der Waals surface area (Å²) in [4.78, 5) is 58.1. The number of alkyl halides is 2. The van der Waals surface area contributed by atoms with Crippen LogP contribution in [0.2, 0.25) is 0 Å². The largest absolute Gasteiger partial charge is 0.490 e. The van der Waals surface area contributed by atoms with E-state index in [2.05, 4.69) is 34.7 Å². The molecule has 0 bridgehead atoms. The molecule has 22 heteroatoms. The van der Waals surface area contributed by atoms with Gasteiger partial charge in [0.25, 0.3) is 5.56 Å². The molecular formula is C14H20F2N5O12P3. The lowest BCUT2D eigenvalue weighted by atomic mass is 9.80. The number of halogens is 2. The van der Waals surface area contributed by atoms with Crippen LogP contribution in [0.3, 0.4) is 0 Å².